The molecule has 0 fully saturated rings. The van der Waals surface area contributed by atoms with Gasteiger partial charge in [-0.25, -0.2) is 0 Å². The number of aromatic nitrogens is 3. The van der Waals surface area contributed by atoms with Crippen LogP contribution in [0.5, 0.6) is 0 Å². The van der Waals surface area contributed by atoms with Gasteiger partial charge in [-0.1, -0.05) is 53.2 Å². The van der Waals surface area contributed by atoms with E-state index >= 15 is 0 Å². The maximum absolute atomic E-state index is 12.3. The summed E-state index contributed by atoms with van der Waals surface area (Å²) in [4.78, 5) is 12.3. The Labute approximate surface area is 177 Å². The number of nitrogens with one attached hydrogen (secondary N) is 1. The molecule has 1 N–H and O–H groups in total. The molecule has 2 aromatic carbocycles. The van der Waals surface area contributed by atoms with Crippen LogP contribution in [-0.2, 0) is 11.3 Å². The van der Waals surface area contributed by atoms with Crippen LogP contribution in [0.4, 0.5) is 5.69 Å². The van der Waals surface area contributed by atoms with Gasteiger partial charge in [0.2, 0.25) is 5.91 Å². The monoisotopic (exact) mass is 432 g/mol. The van der Waals surface area contributed by atoms with Crippen molar-refractivity contribution in [2.24, 2.45) is 0 Å². The minimum absolute atomic E-state index is 0.116. The van der Waals surface area contributed by atoms with E-state index in [1.54, 1.807) is 24.3 Å². The fourth-order valence-corrected chi connectivity index (χ4v) is 3.85. The molecule has 144 valence electrons. The summed E-state index contributed by atoms with van der Waals surface area (Å²) in [7, 11) is 0. The van der Waals surface area contributed by atoms with E-state index in [0.29, 0.717) is 27.6 Å². The standard InChI is InChI=1S/C20H18Cl2N4OS/c1-3-9-26-19(16-8-7-14(21)11-17(16)22)24-25-20(26)28-12-18(27)23-15-6-4-5-13(2)10-15/h3-8,10-11H,1,9,12H2,2H3,(H,23,27). The Bertz CT molecular complexity index is 1020. The predicted molar refractivity (Wildman–Crippen MR) is 116 cm³/mol. The smallest absolute Gasteiger partial charge is 0.234 e. The van der Waals surface area contributed by atoms with E-state index in [-0.39, 0.29) is 11.7 Å². The van der Waals surface area contributed by atoms with Crippen LogP contribution in [0.1, 0.15) is 5.56 Å². The van der Waals surface area contributed by atoms with E-state index in [2.05, 4.69) is 22.1 Å². The summed E-state index contributed by atoms with van der Waals surface area (Å²) in [5.41, 5.74) is 2.57. The van der Waals surface area contributed by atoms with Crippen molar-refractivity contribution in [3.05, 3.63) is 70.7 Å². The third-order valence-electron chi connectivity index (χ3n) is 3.83. The summed E-state index contributed by atoms with van der Waals surface area (Å²) in [6, 6.07) is 12.9. The molecule has 1 amide bonds. The summed E-state index contributed by atoms with van der Waals surface area (Å²) in [6.45, 7) is 6.26. The van der Waals surface area contributed by atoms with Crippen LogP contribution >= 0.6 is 35.0 Å². The van der Waals surface area contributed by atoms with E-state index in [1.807, 2.05) is 35.8 Å². The number of allylic oxidation sites excluding steroid dienone is 1. The molecule has 8 heteroatoms. The Morgan fingerprint density at radius 3 is 2.79 bits per heavy atom. The van der Waals surface area contributed by atoms with Crippen LogP contribution in [0, 0.1) is 6.92 Å². The van der Waals surface area contributed by atoms with E-state index < -0.39 is 0 Å². The third kappa shape index (κ3) is 4.95. The lowest BCUT2D eigenvalue weighted by Gasteiger charge is -2.09. The molecule has 1 heterocycles. The Morgan fingerprint density at radius 2 is 2.07 bits per heavy atom. The van der Waals surface area contributed by atoms with Crippen LogP contribution in [0.25, 0.3) is 11.4 Å². The van der Waals surface area contributed by atoms with E-state index in [0.717, 1.165) is 16.8 Å². The summed E-state index contributed by atoms with van der Waals surface area (Å²) < 4.78 is 1.87. The number of aryl methyl sites for hydroxylation is 1. The molecule has 0 aliphatic heterocycles. The van der Waals surface area contributed by atoms with E-state index in [9.17, 15) is 4.79 Å². The van der Waals surface area contributed by atoms with Crippen molar-refractivity contribution in [3.8, 4) is 11.4 Å². The summed E-state index contributed by atoms with van der Waals surface area (Å²) in [6.07, 6.45) is 1.74. The number of hydrogen-bond acceptors (Lipinski definition) is 4. The number of amides is 1. The number of carbonyl (C=O) groups excluding carboxylic acids is 1. The van der Waals surface area contributed by atoms with Gasteiger partial charge in [0.25, 0.3) is 0 Å². The molecule has 0 radical (unpaired) electrons. The van der Waals surface area contributed by atoms with Crippen molar-refractivity contribution in [3.63, 3.8) is 0 Å². The highest BCUT2D eigenvalue weighted by atomic mass is 35.5. The van der Waals surface area contributed by atoms with Crippen LogP contribution in [0.3, 0.4) is 0 Å². The summed E-state index contributed by atoms with van der Waals surface area (Å²) >= 11 is 13.6. The van der Waals surface area contributed by atoms with Gasteiger partial charge in [0.15, 0.2) is 11.0 Å². The van der Waals surface area contributed by atoms with Gasteiger partial charge in [0.05, 0.1) is 10.8 Å². The van der Waals surface area contributed by atoms with Gasteiger partial charge in [-0.15, -0.1) is 16.8 Å². The minimum atomic E-state index is -0.116. The Kier molecular flexibility index (Phi) is 6.78. The quantitative estimate of drug-likeness (QED) is 0.396. The zero-order valence-electron chi connectivity index (χ0n) is 15.2. The fourth-order valence-electron chi connectivity index (χ4n) is 2.61. The molecule has 0 saturated heterocycles. The number of benzene rings is 2. The van der Waals surface area contributed by atoms with Crippen molar-refractivity contribution < 1.29 is 4.79 Å². The first-order valence-corrected chi connectivity index (χ1v) is 10.2. The molecule has 0 bridgehead atoms. The number of halogens is 2. The summed E-state index contributed by atoms with van der Waals surface area (Å²) in [5.74, 6) is 0.690. The highest BCUT2D eigenvalue weighted by Crippen LogP contribution is 2.31. The molecule has 3 aromatic rings. The van der Waals surface area contributed by atoms with Crippen molar-refractivity contribution >= 4 is 46.6 Å². The topological polar surface area (TPSA) is 59.8 Å². The zero-order chi connectivity index (χ0) is 20.1. The highest BCUT2D eigenvalue weighted by molar-refractivity contribution is 7.99. The number of hydrogen-bond donors (Lipinski definition) is 1. The lowest BCUT2D eigenvalue weighted by Crippen LogP contribution is -2.14. The maximum Gasteiger partial charge on any atom is 0.234 e. The molecule has 0 saturated carbocycles. The second kappa shape index (κ2) is 9.28. The average Bonchev–Trinajstić information content (AvgIpc) is 3.03. The number of nitrogens with zero attached hydrogens (tertiary/aromatic N) is 3. The Hall–Kier alpha value is -2.28. The van der Waals surface area contributed by atoms with Gasteiger partial charge in [-0.05, 0) is 42.8 Å². The van der Waals surface area contributed by atoms with Gasteiger partial charge in [0.1, 0.15) is 0 Å². The molecule has 1 aromatic heterocycles. The lowest BCUT2D eigenvalue weighted by atomic mass is 10.2. The molecule has 0 aliphatic rings. The highest BCUT2D eigenvalue weighted by Gasteiger charge is 2.17. The molecule has 0 aliphatic carbocycles. The number of thioether (sulfide) groups is 1. The van der Waals surface area contributed by atoms with Gasteiger partial charge in [-0.2, -0.15) is 0 Å². The third-order valence-corrected chi connectivity index (χ3v) is 5.35. The zero-order valence-corrected chi connectivity index (χ0v) is 17.5. The van der Waals surface area contributed by atoms with Crippen molar-refractivity contribution in [1.82, 2.24) is 14.8 Å². The van der Waals surface area contributed by atoms with Crippen LogP contribution in [0.2, 0.25) is 10.0 Å². The maximum atomic E-state index is 12.3. The molecule has 0 atom stereocenters. The van der Waals surface area contributed by atoms with Gasteiger partial charge >= 0.3 is 0 Å². The lowest BCUT2D eigenvalue weighted by molar-refractivity contribution is -0.113. The number of anilines is 1. The van der Waals surface area contributed by atoms with E-state index in [4.69, 9.17) is 23.2 Å². The van der Waals surface area contributed by atoms with Crippen LogP contribution < -0.4 is 5.32 Å². The molecule has 0 unspecified atom stereocenters. The van der Waals surface area contributed by atoms with Crippen molar-refractivity contribution in [2.75, 3.05) is 11.1 Å². The average molecular weight is 433 g/mol. The first-order valence-electron chi connectivity index (χ1n) is 8.46. The number of rotatable bonds is 7. The van der Waals surface area contributed by atoms with Crippen LogP contribution in [0.15, 0.2) is 60.3 Å². The second-order valence-electron chi connectivity index (χ2n) is 6.04. The molecule has 3 rings (SSSR count). The Balaban J connectivity index is 1.76. The SMILES string of the molecule is C=CCn1c(SCC(=O)Nc2cccc(C)c2)nnc1-c1ccc(Cl)cc1Cl. The van der Waals surface area contributed by atoms with Gasteiger partial charge in [0, 0.05) is 22.8 Å². The fraction of sp³-hybridized carbons (Fsp3) is 0.150. The van der Waals surface area contributed by atoms with Crippen molar-refractivity contribution in [1.29, 1.82) is 0 Å². The van der Waals surface area contributed by atoms with Crippen LogP contribution in [-0.4, -0.2) is 26.4 Å². The first kappa shape index (κ1) is 20.5. The van der Waals surface area contributed by atoms with Gasteiger partial charge in [-0.3, -0.25) is 9.36 Å². The molecule has 28 heavy (non-hydrogen) atoms. The van der Waals surface area contributed by atoms with Crippen molar-refractivity contribution in [2.45, 2.75) is 18.6 Å². The minimum Gasteiger partial charge on any atom is -0.325 e. The summed E-state index contributed by atoms with van der Waals surface area (Å²) in [5, 5.41) is 13.0. The molecule has 5 nitrogen and oxygen atoms in total. The predicted octanol–water partition coefficient (Wildman–Crippen LogP) is 5.48. The first-order chi connectivity index (χ1) is 13.5. The van der Waals surface area contributed by atoms with E-state index in [1.165, 1.54) is 11.8 Å². The Morgan fingerprint density at radius 1 is 1.25 bits per heavy atom. The van der Waals surface area contributed by atoms with Gasteiger partial charge < -0.3 is 5.32 Å². The largest absolute Gasteiger partial charge is 0.325 e. The molecular formula is C20H18Cl2N4OS. The number of carbonyl (C=O) groups is 1. The molecular weight excluding hydrogens is 415 g/mol. The molecule has 0 spiro atoms. The second-order valence-corrected chi connectivity index (χ2v) is 7.82. The normalized spacial score (nSPS) is 10.7.